The molecule has 0 radical (unpaired) electrons. The van der Waals surface area contributed by atoms with Gasteiger partial charge >= 0.3 is 5.97 Å². The fraction of sp³-hybridized carbons (Fsp3) is 0.833. The van der Waals surface area contributed by atoms with Crippen LogP contribution in [0.1, 0.15) is 6.42 Å². The summed E-state index contributed by atoms with van der Waals surface area (Å²) >= 11 is 3.97. The summed E-state index contributed by atoms with van der Waals surface area (Å²) in [4.78, 5) is 10.1. The maximum Gasteiger partial charge on any atom is 0.304 e. The average Bonchev–Trinajstić information content (AvgIpc) is 1.86. The van der Waals surface area contributed by atoms with E-state index in [-0.39, 0.29) is 12.5 Å². The third kappa shape index (κ3) is 7.64. The summed E-state index contributed by atoms with van der Waals surface area (Å²) < 4.78 is 0. The van der Waals surface area contributed by atoms with Crippen LogP contribution in [0.3, 0.4) is 0 Å². The number of carbonyl (C=O) groups is 1. The molecular weight excluding hydrogens is 164 g/mol. The second kappa shape index (κ2) is 6.45. The van der Waals surface area contributed by atoms with Crippen molar-refractivity contribution in [3.63, 3.8) is 0 Å². The van der Waals surface area contributed by atoms with Gasteiger partial charge in [0.25, 0.3) is 0 Å². The summed E-state index contributed by atoms with van der Waals surface area (Å²) in [6.07, 6.45) is 0.0135. The number of carboxylic acid groups (broad SMARTS) is 1. The molecule has 0 heterocycles. The maximum atomic E-state index is 10.1. The van der Waals surface area contributed by atoms with E-state index in [0.29, 0.717) is 6.54 Å². The molecule has 0 fully saturated rings. The molecule has 0 aliphatic carbocycles. The molecule has 0 spiro atoms. The molecule has 0 aromatic rings. The Morgan fingerprint density at radius 2 is 2.36 bits per heavy atom. The molecule has 0 amide bonds. The number of aliphatic carboxylic acids is 1. The number of thiol groups is 1. The largest absolute Gasteiger partial charge is 0.481 e. The van der Waals surface area contributed by atoms with Crippen LogP contribution in [0.5, 0.6) is 0 Å². The van der Waals surface area contributed by atoms with E-state index in [2.05, 4.69) is 17.9 Å². The third-order valence-corrected chi connectivity index (χ3v) is 1.36. The molecule has 0 aromatic heterocycles. The first-order valence-electron chi connectivity index (χ1n) is 3.45. The lowest BCUT2D eigenvalue weighted by molar-refractivity contribution is -0.137. The lowest BCUT2D eigenvalue weighted by Gasteiger charge is -2.08. The van der Waals surface area contributed by atoms with Crippen LogP contribution in [0.4, 0.5) is 0 Å². The van der Waals surface area contributed by atoms with Gasteiger partial charge in [-0.05, 0) is 0 Å². The van der Waals surface area contributed by atoms with Gasteiger partial charge in [0.05, 0.1) is 6.42 Å². The van der Waals surface area contributed by atoms with Gasteiger partial charge in [-0.1, -0.05) is 0 Å². The molecular formula is C6H14N2O2S. The van der Waals surface area contributed by atoms with Crippen molar-refractivity contribution in [2.75, 3.05) is 18.8 Å². The number of rotatable bonds is 6. The molecule has 0 aromatic carbocycles. The Hall–Kier alpha value is -0.260. The lowest BCUT2D eigenvalue weighted by atomic mass is 10.2. The molecule has 0 aliphatic rings. The first-order chi connectivity index (χ1) is 5.16. The van der Waals surface area contributed by atoms with Crippen molar-refractivity contribution in [2.24, 2.45) is 5.73 Å². The molecule has 0 aliphatic heterocycles. The first kappa shape index (κ1) is 10.7. The van der Waals surface area contributed by atoms with E-state index in [0.717, 1.165) is 12.3 Å². The van der Waals surface area contributed by atoms with Crippen molar-refractivity contribution in [1.29, 1.82) is 0 Å². The van der Waals surface area contributed by atoms with Crippen LogP contribution in [0.25, 0.3) is 0 Å². The topological polar surface area (TPSA) is 75.3 Å². The highest BCUT2D eigenvalue weighted by Crippen LogP contribution is 1.85. The molecule has 4 N–H and O–H groups in total. The monoisotopic (exact) mass is 178 g/mol. The second-order valence-electron chi connectivity index (χ2n) is 2.29. The van der Waals surface area contributed by atoms with Gasteiger partial charge in [-0.3, -0.25) is 4.79 Å². The smallest absolute Gasteiger partial charge is 0.304 e. The zero-order valence-electron chi connectivity index (χ0n) is 6.29. The molecule has 11 heavy (non-hydrogen) atoms. The van der Waals surface area contributed by atoms with Crippen molar-refractivity contribution >= 4 is 18.6 Å². The van der Waals surface area contributed by atoms with E-state index >= 15 is 0 Å². The summed E-state index contributed by atoms with van der Waals surface area (Å²) in [5.74, 6) is -0.120. The Bertz CT molecular complexity index is 121. The summed E-state index contributed by atoms with van der Waals surface area (Å²) in [7, 11) is 0. The van der Waals surface area contributed by atoms with Crippen molar-refractivity contribution in [3.05, 3.63) is 0 Å². The van der Waals surface area contributed by atoms with Gasteiger partial charge < -0.3 is 16.2 Å². The first-order valence-corrected chi connectivity index (χ1v) is 4.09. The van der Waals surface area contributed by atoms with Crippen LogP contribution in [0, 0.1) is 0 Å². The molecule has 0 unspecified atom stereocenters. The Morgan fingerprint density at radius 3 is 2.82 bits per heavy atom. The van der Waals surface area contributed by atoms with E-state index in [1.807, 2.05) is 0 Å². The Labute approximate surface area is 71.6 Å². The number of hydrogen-bond donors (Lipinski definition) is 4. The summed E-state index contributed by atoms with van der Waals surface area (Å²) in [6.45, 7) is 1.29. The van der Waals surface area contributed by atoms with E-state index in [9.17, 15) is 4.79 Å². The molecule has 5 heteroatoms. The SMILES string of the molecule is N[C@H](CNCCS)CC(=O)O. The molecule has 66 valence electrons. The number of hydrogen-bond acceptors (Lipinski definition) is 4. The highest BCUT2D eigenvalue weighted by atomic mass is 32.1. The second-order valence-corrected chi connectivity index (χ2v) is 2.73. The summed E-state index contributed by atoms with van der Waals surface area (Å²) in [5, 5.41) is 11.3. The molecule has 0 saturated heterocycles. The van der Waals surface area contributed by atoms with Crippen LogP contribution in [0.15, 0.2) is 0 Å². The van der Waals surface area contributed by atoms with E-state index in [4.69, 9.17) is 10.8 Å². The number of nitrogens with two attached hydrogens (primary N) is 1. The Kier molecular flexibility index (Phi) is 6.30. The van der Waals surface area contributed by atoms with Gasteiger partial charge in [0.1, 0.15) is 0 Å². The fourth-order valence-electron chi connectivity index (χ4n) is 0.663. The van der Waals surface area contributed by atoms with Crippen LogP contribution in [-0.2, 0) is 4.79 Å². The number of nitrogens with one attached hydrogen (secondary N) is 1. The van der Waals surface area contributed by atoms with Crippen molar-refractivity contribution in [1.82, 2.24) is 5.32 Å². The maximum absolute atomic E-state index is 10.1. The lowest BCUT2D eigenvalue weighted by Crippen LogP contribution is -2.36. The predicted octanol–water partition coefficient (Wildman–Crippen LogP) is -0.692. The van der Waals surface area contributed by atoms with Crippen LogP contribution in [-0.4, -0.2) is 36.0 Å². The number of carboxylic acids is 1. The van der Waals surface area contributed by atoms with Crippen molar-refractivity contribution in [3.8, 4) is 0 Å². The molecule has 0 saturated carbocycles. The summed E-state index contributed by atoms with van der Waals surface area (Å²) in [5.41, 5.74) is 5.45. The van der Waals surface area contributed by atoms with Gasteiger partial charge in [-0.2, -0.15) is 12.6 Å². The van der Waals surface area contributed by atoms with Crippen LogP contribution in [0.2, 0.25) is 0 Å². The van der Waals surface area contributed by atoms with Gasteiger partial charge in [0.15, 0.2) is 0 Å². The highest BCUT2D eigenvalue weighted by molar-refractivity contribution is 7.80. The van der Waals surface area contributed by atoms with Gasteiger partial charge in [0.2, 0.25) is 0 Å². The van der Waals surface area contributed by atoms with Crippen LogP contribution >= 0.6 is 12.6 Å². The third-order valence-electron chi connectivity index (χ3n) is 1.13. The minimum atomic E-state index is -0.856. The average molecular weight is 178 g/mol. The normalized spacial score (nSPS) is 12.9. The Balaban J connectivity index is 3.22. The van der Waals surface area contributed by atoms with Crippen molar-refractivity contribution in [2.45, 2.75) is 12.5 Å². The minimum absolute atomic E-state index is 0.0135. The Morgan fingerprint density at radius 1 is 1.73 bits per heavy atom. The van der Waals surface area contributed by atoms with Crippen LogP contribution < -0.4 is 11.1 Å². The van der Waals surface area contributed by atoms with E-state index in [1.165, 1.54) is 0 Å². The molecule has 0 rings (SSSR count). The van der Waals surface area contributed by atoms with E-state index < -0.39 is 5.97 Å². The molecule has 4 nitrogen and oxygen atoms in total. The fourth-order valence-corrected chi connectivity index (χ4v) is 0.821. The van der Waals surface area contributed by atoms with Gasteiger partial charge in [-0.15, -0.1) is 0 Å². The standard InChI is InChI=1S/C6H14N2O2S/c7-5(3-6(9)10)4-8-1-2-11/h5,8,11H,1-4,7H2,(H,9,10)/t5-/m0/s1. The van der Waals surface area contributed by atoms with Crippen molar-refractivity contribution < 1.29 is 9.90 Å². The van der Waals surface area contributed by atoms with Gasteiger partial charge in [-0.25, -0.2) is 0 Å². The quantitative estimate of drug-likeness (QED) is 0.321. The highest BCUT2D eigenvalue weighted by Gasteiger charge is 2.05. The van der Waals surface area contributed by atoms with E-state index in [1.54, 1.807) is 0 Å². The van der Waals surface area contributed by atoms with Gasteiger partial charge in [0, 0.05) is 24.9 Å². The summed E-state index contributed by atoms with van der Waals surface area (Å²) in [6, 6.07) is -0.299. The predicted molar refractivity (Wildman–Crippen MR) is 47.0 cm³/mol. The zero-order chi connectivity index (χ0) is 8.69. The zero-order valence-corrected chi connectivity index (χ0v) is 7.18. The molecule has 1 atom stereocenters. The molecule has 0 bridgehead atoms. The minimum Gasteiger partial charge on any atom is -0.481 e.